The molecule has 2 heteroatoms. The molecule has 0 aliphatic carbocycles. The molecule has 1 N–H and O–H groups in total. The van der Waals surface area contributed by atoms with Crippen molar-refractivity contribution in [1.82, 2.24) is 5.32 Å². The molecule has 7 heavy (non-hydrogen) atoms. The minimum absolute atomic E-state index is 0.115. The Bertz CT molecular complexity index is 105. The monoisotopic (exact) mass is 100 g/mol. The van der Waals surface area contributed by atoms with E-state index in [9.17, 15) is 4.79 Å². The summed E-state index contributed by atoms with van der Waals surface area (Å²) >= 11 is 0. The average molecular weight is 100 g/mol. The van der Waals surface area contributed by atoms with Crippen molar-refractivity contribution in [2.45, 2.75) is 19.2 Å². The van der Waals surface area contributed by atoms with Crippen LogP contribution < -0.4 is 5.32 Å². The summed E-state index contributed by atoms with van der Waals surface area (Å²) < 4.78 is 7.07. The Labute approximate surface area is 44.3 Å². The number of hydrogen-bond acceptors (Lipinski definition) is 1. The number of hydrogen-bond donors (Lipinski definition) is 1. The van der Waals surface area contributed by atoms with Crippen LogP contribution in [0.15, 0.2) is 0 Å². The van der Waals surface area contributed by atoms with Crippen molar-refractivity contribution in [3.63, 3.8) is 0 Å². The first-order valence-electron chi connectivity index (χ1n) is 3.08. The van der Waals surface area contributed by atoms with Gasteiger partial charge in [-0.2, -0.15) is 0 Å². The molecule has 1 saturated heterocycles. The summed E-state index contributed by atoms with van der Waals surface area (Å²) in [6.07, 6.45) is 1.19. The highest BCUT2D eigenvalue weighted by atomic mass is 16.1. The minimum Gasteiger partial charge on any atom is -0.356 e. The van der Waals surface area contributed by atoms with Gasteiger partial charge in [0.25, 0.3) is 0 Å². The van der Waals surface area contributed by atoms with Crippen LogP contribution in [0.25, 0.3) is 0 Å². The second kappa shape index (κ2) is 1.96. The smallest absolute Gasteiger partial charge is 0.219 e. The molecule has 1 rings (SSSR count). The number of amides is 1. The first-order chi connectivity index (χ1) is 3.80. The molecule has 1 aliphatic heterocycles. The zero-order chi connectivity index (χ0) is 5.98. The van der Waals surface area contributed by atoms with Crippen LogP contribution in [0.1, 0.15) is 20.6 Å². The van der Waals surface area contributed by atoms with Gasteiger partial charge < -0.3 is 5.32 Å². The van der Waals surface area contributed by atoms with E-state index in [-0.39, 0.29) is 5.91 Å². The number of carbonyl (C=O) groups excluding carboxylic acids is 1. The van der Waals surface area contributed by atoms with Gasteiger partial charge in [-0.05, 0) is 12.8 Å². The van der Waals surface area contributed by atoms with Crippen molar-refractivity contribution >= 4 is 5.91 Å². The molecule has 1 aliphatic rings. The maximum absolute atomic E-state index is 10.5. The second-order valence-corrected chi connectivity index (χ2v) is 1.64. The Morgan fingerprint density at radius 3 is 3.00 bits per heavy atom. The summed E-state index contributed by atoms with van der Waals surface area (Å²) in [6.45, 7) is 0.758. The summed E-state index contributed by atoms with van der Waals surface area (Å²) in [7, 11) is 0. The first-order valence-corrected chi connectivity index (χ1v) is 2.50. The summed E-state index contributed by atoms with van der Waals surface area (Å²) in [5.74, 6) is -0.115. The van der Waals surface area contributed by atoms with Crippen molar-refractivity contribution in [2.24, 2.45) is 0 Å². The van der Waals surface area contributed by atoms with Gasteiger partial charge in [-0.15, -0.1) is 0 Å². The van der Waals surface area contributed by atoms with Crippen LogP contribution in [0.2, 0.25) is 0 Å². The Kier molecular flexibility index (Phi) is 0.971. The maximum Gasteiger partial charge on any atom is 0.219 e. The van der Waals surface area contributed by atoms with E-state index in [2.05, 4.69) is 5.32 Å². The number of carbonyl (C=O) groups is 1. The van der Waals surface area contributed by atoms with E-state index in [4.69, 9.17) is 1.37 Å². The molecule has 0 aromatic carbocycles. The van der Waals surface area contributed by atoms with Gasteiger partial charge in [-0.25, -0.2) is 0 Å². The molecule has 2 nitrogen and oxygen atoms in total. The molecule has 1 atom stereocenters. The van der Waals surface area contributed by atoms with Crippen LogP contribution in [0.4, 0.5) is 0 Å². The van der Waals surface area contributed by atoms with Crippen LogP contribution in [0.3, 0.4) is 0 Å². The summed E-state index contributed by atoms with van der Waals surface area (Å²) in [6, 6.07) is 0. The molecule has 1 unspecified atom stereocenters. The lowest BCUT2D eigenvalue weighted by Gasteiger charge is -2.08. The zero-order valence-corrected chi connectivity index (χ0v) is 4.11. The van der Waals surface area contributed by atoms with Crippen LogP contribution in [0.5, 0.6) is 0 Å². The third kappa shape index (κ3) is 1.18. The normalized spacial score (nSPS) is 34.0. The molecule has 40 valence electrons. The Morgan fingerprint density at radius 1 is 1.71 bits per heavy atom. The van der Waals surface area contributed by atoms with Gasteiger partial charge in [0, 0.05) is 14.3 Å². The van der Waals surface area contributed by atoms with Crippen LogP contribution >= 0.6 is 0 Å². The standard InChI is InChI=1S/C5H9NO/c7-5-3-1-2-4-6-5/h1-4H2,(H,6,7)/i3D. The molecule has 0 spiro atoms. The average Bonchev–Trinajstić information content (AvgIpc) is 1.77. The molecule has 1 heterocycles. The fraction of sp³-hybridized carbons (Fsp3) is 0.800. The predicted octanol–water partition coefficient (Wildman–Crippen LogP) is 0.287. The van der Waals surface area contributed by atoms with Gasteiger partial charge in [0.2, 0.25) is 5.91 Å². The quantitative estimate of drug-likeness (QED) is 0.465. The Hall–Kier alpha value is -0.530. The van der Waals surface area contributed by atoms with Crippen LogP contribution in [-0.2, 0) is 4.79 Å². The van der Waals surface area contributed by atoms with Gasteiger partial charge in [-0.1, -0.05) is 0 Å². The van der Waals surface area contributed by atoms with Crippen LogP contribution in [0, 0.1) is 0 Å². The van der Waals surface area contributed by atoms with E-state index < -0.39 is 6.40 Å². The summed E-state index contributed by atoms with van der Waals surface area (Å²) in [5.41, 5.74) is 0. The Balaban J connectivity index is 2.39. The largest absolute Gasteiger partial charge is 0.356 e. The van der Waals surface area contributed by atoms with Gasteiger partial charge in [0.15, 0.2) is 0 Å². The van der Waals surface area contributed by atoms with Gasteiger partial charge in [-0.3, -0.25) is 4.79 Å². The topological polar surface area (TPSA) is 29.1 Å². The Morgan fingerprint density at radius 2 is 2.57 bits per heavy atom. The predicted molar refractivity (Wildman–Crippen MR) is 26.9 cm³/mol. The molecule has 1 fully saturated rings. The van der Waals surface area contributed by atoms with E-state index in [1.165, 1.54) is 0 Å². The third-order valence-electron chi connectivity index (χ3n) is 1.01. The maximum atomic E-state index is 10.5. The fourth-order valence-electron chi connectivity index (χ4n) is 0.619. The summed E-state index contributed by atoms with van der Waals surface area (Å²) in [5, 5.41) is 2.61. The SMILES string of the molecule is [2H]C1CCCNC1=O. The highest BCUT2D eigenvalue weighted by Gasteiger charge is 2.04. The van der Waals surface area contributed by atoms with Crippen molar-refractivity contribution in [3.8, 4) is 0 Å². The lowest BCUT2D eigenvalue weighted by molar-refractivity contribution is -0.122. The molecule has 0 aromatic rings. The zero-order valence-electron chi connectivity index (χ0n) is 5.11. The first kappa shape index (κ1) is 3.47. The van der Waals surface area contributed by atoms with E-state index >= 15 is 0 Å². The van der Waals surface area contributed by atoms with Gasteiger partial charge in [0.05, 0.1) is 0 Å². The molecule has 0 saturated carbocycles. The van der Waals surface area contributed by atoms with Crippen molar-refractivity contribution in [3.05, 3.63) is 0 Å². The van der Waals surface area contributed by atoms with Crippen molar-refractivity contribution in [1.29, 1.82) is 0 Å². The summed E-state index contributed by atoms with van der Waals surface area (Å²) in [4.78, 5) is 10.5. The van der Waals surface area contributed by atoms with E-state index in [0.29, 0.717) is 0 Å². The minimum atomic E-state index is -0.497. The van der Waals surface area contributed by atoms with Gasteiger partial charge >= 0.3 is 0 Å². The molecule has 1 amide bonds. The fourth-order valence-corrected chi connectivity index (χ4v) is 0.619. The lowest BCUT2D eigenvalue weighted by Crippen LogP contribution is -2.28. The van der Waals surface area contributed by atoms with Crippen molar-refractivity contribution < 1.29 is 6.17 Å². The third-order valence-corrected chi connectivity index (χ3v) is 1.01. The van der Waals surface area contributed by atoms with E-state index in [1.807, 2.05) is 0 Å². The second-order valence-electron chi connectivity index (χ2n) is 1.64. The highest BCUT2D eigenvalue weighted by molar-refractivity contribution is 5.76. The number of rotatable bonds is 0. The molecular formula is C5H9NO. The van der Waals surface area contributed by atoms with Crippen LogP contribution in [-0.4, -0.2) is 12.5 Å². The number of nitrogens with one attached hydrogen (secondary N) is 1. The molecule has 0 bridgehead atoms. The molecule has 0 aromatic heterocycles. The lowest BCUT2D eigenvalue weighted by atomic mass is 10.2. The molecule has 0 radical (unpaired) electrons. The van der Waals surface area contributed by atoms with E-state index in [0.717, 1.165) is 19.4 Å². The molecular weight excluding hydrogens is 90.1 g/mol. The highest BCUT2D eigenvalue weighted by Crippen LogP contribution is 1.98. The van der Waals surface area contributed by atoms with Gasteiger partial charge in [0.1, 0.15) is 0 Å². The van der Waals surface area contributed by atoms with E-state index in [1.54, 1.807) is 0 Å². The number of piperidine rings is 1. The van der Waals surface area contributed by atoms with Crippen molar-refractivity contribution in [2.75, 3.05) is 6.54 Å².